The topological polar surface area (TPSA) is 55.4 Å². The quantitative estimate of drug-likeness (QED) is 0.288. The van der Waals surface area contributed by atoms with Crippen molar-refractivity contribution in [2.45, 2.75) is 46.0 Å². The fourth-order valence-corrected chi connectivity index (χ4v) is 4.11. The molecule has 0 aliphatic carbocycles. The molecule has 0 bridgehead atoms. The van der Waals surface area contributed by atoms with Gasteiger partial charge in [0.1, 0.15) is 0 Å². The molecule has 1 N–H and O–H groups in total. The number of hydrogen-bond donors (Lipinski definition) is 1. The lowest BCUT2D eigenvalue weighted by molar-refractivity contribution is -0.138. The van der Waals surface area contributed by atoms with Gasteiger partial charge in [-0.25, -0.2) is 4.79 Å². The second-order valence-corrected chi connectivity index (χ2v) is 8.81. The number of benzene rings is 3. The monoisotopic (exact) mass is 469 g/mol. The van der Waals surface area contributed by atoms with Crippen molar-refractivity contribution in [3.05, 3.63) is 118 Å². The molecule has 0 saturated carbocycles. The number of hydrogen-bond acceptors (Lipinski definition) is 3. The summed E-state index contributed by atoms with van der Waals surface area (Å²) in [7, 11) is 0. The number of ether oxygens (including phenoxy) is 1. The van der Waals surface area contributed by atoms with Crippen LogP contribution in [0.15, 0.2) is 90.5 Å². The van der Waals surface area contributed by atoms with E-state index in [2.05, 4.69) is 48.6 Å². The summed E-state index contributed by atoms with van der Waals surface area (Å²) >= 11 is 0. The van der Waals surface area contributed by atoms with Gasteiger partial charge in [-0.1, -0.05) is 84.9 Å². The summed E-state index contributed by atoms with van der Waals surface area (Å²) in [6.45, 7) is 6.70. The van der Waals surface area contributed by atoms with Crippen LogP contribution in [0.4, 0.5) is 0 Å². The predicted octanol–water partition coefficient (Wildman–Crippen LogP) is 5.73. The van der Waals surface area contributed by atoms with Crippen molar-refractivity contribution >= 4 is 11.9 Å². The van der Waals surface area contributed by atoms with Gasteiger partial charge in [0.05, 0.1) is 13.0 Å². The maximum Gasteiger partial charge on any atom is 0.333 e. The molecule has 3 aromatic rings. The molecule has 3 rings (SSSR count). The maximum absolute atomic E-state index is 12.4. The van der Waals surface area contributed by atoms with Crippen LogP contribution >= 0.6 is 0 Å². The summed E-state index contributed by atoms with van der Waals surface area (Å²) in [5.41, 5.74) is 6.40. The van der Waals surface area contributed by atoms with Crippen molar-refractivity contribution in [1.82, 2.24) is 5.32 Å². The molecule has 0 spiro atoms. The van der Waals surface area contributed by atoms with Crippen LogP contribution in [0.25, 0.3) is 0 Å². The van der Waals surface area contributed by atoms with E-state index >= 15 is 0 Å². The van der Waals surface area contributed by atoms with E-state index in [1.807, 2.05) is 55.5 Å². The zero-order chi connectivity index (χ0) is 25.0. The standard InChI is InChI=1S/C31H35NO3/c1-4-35-31(34)24(3)20-29(28-12-6-5-7-13-28)21-25-14-16-26(17-15-25)22-30(33)32-19-18-27-11-9-8-10-23(27)2/h5-17,20,29H,4,18-19,21-22H2,1-3H3,(H,32,33)/b24-20+. The van der Waals surface area contributed by atoms with Crippen LogP contribution < -0.4 is 5.32 Å². The molecule has 1 amide bonds. The number of aryl methyl sites for hydroxylation is 1. The number of allylic oxidation sites excluding steroid dienone is 1. The number of carbonyl (C=O) groups excluding carboxylic acids is 2. The van der Waals surface area contributed by atoms with Crippen LogP contribution in [0.2, 0.25) is 0 Å². The molecule has 1 unspecified atom stereocenters. The van der Waals surface area contributed by atoms with Gasteiger partial charge in [-0.2, -0.15) is 0 Å². The van der Waals surface area contributed by atoms with Crippen molar-refractivity contribution < 1.29 is 14.3 Å². The third-order valence-corrected chi connectivity index (χ3v) is 6.10. The van der Waals surface area contributed by atoms with E-state index in [0.717, 1.165) is 29.5 Å². The van der Waals surface area contributed by atoms with Gasteiger partial charge in [-0.3, -0.25) is 4.79 Å². The van der Waals surface area contributed by atoms with Crippen molar-refractivity contribution in [2.24, 2.45) is 0 Å². The second kappa shape index (κ2) is 13.3. The molecule has 0 radical (unpaired) electrons. The Morgan fingerprint density at radius 1 is 0.914 bits per heavy atom. The Morgan fingerprint density at radius 2 is 1.57 bits per heavy atom. The predicted molar refractivity (Wildman–Crippen MR) is 141 cm³/mol. The van der Waals surface area contributed by atoms with Crippen LogP contribution in [-0.2, 0) is 33.6 Å². The van der Waals surface area contributed by atoms with E-state index in [9.17, 15) is 9.59 Å². The molecule has 0 aliphatic rings. The Hall–Kier alpha value is -3.66. The Balaban J connectivity index is 1.59. The fourth-order valence-electron chi connectivity index (χ4n) is 4.11. The average Bonchev–Trinajstić information content (AvgIpc) is 2.86. The number of esters is 1. The van der Waals surface area contributed by atoms with E-state index in [4.69, 9.17) is 4.74 Å². The minimum absolute atomic E-state index is 0.0292. The first-order valence-electron chi connectivity index (χ1n) is 12.3. The SMILES string of the molecule is CCOC(=O)/C(C)=C/C(Cc1ccc(CC(=O)NCCc2ccccc2C)cc1)c1ccccc1. The number of rotatable bonds is 11. The lowest BCUT2D eigenvalue weighted by atomic mass is 9.90. The summed E-state index contributed by atoms with van der Waals surface area (Å²) < 4.78 is 5.16. The van der Waals surface area contributed by atoms with Crippen molar-refractivity contribution in [3.63, 3.8) is 0 Å². The highest BCUT2D eigenvalue weighted by Crippen LogP contribution is 2.24. The van der Waals surface area contributed by atoms with Crippen LogP contribution in [0.3, 0.4) is 0 Å². The molecule has 0 aliphatic heterocycles. The third kappa shape index (κ3) is 8.25. The number of nitrogens with one attached hydrogen (secondary N) is 1. The average molecular weight is 470 g/mol. The fraction of sp³-hybridized carbons (Fsp3) is 0.290. The molecule has 0 saturated heterocycles. The molecule has 4 nitrogen and oxygen atoms in total. The van der Waals surface area contributed by atoms with Gasteiger partial charge in [0.2, 0.25) is 5.91 Å². The van der Waals surface area contributed by atoms with Gasteiger partial charge in [0.25, 0.3) is 0 Å². The minimum atomic E-state index is -0.280. The van der Waals surface area contributed by atoms with Crippen LogP contribution in [0, 0.1) is 6.92 Å². The lowest BCUT2D eigenvalue weighted by Gasteiger charge is -2.15. The maximum atomic E-state index is 12.4. The van der Waals surface area contributed by atoms with Gasteiger partial charge >= 0.3 is 5.97 Å². The highest BCUT2D eigenvalue weighted by Gasteiger charge is 2.14. The first-order valence-corrected chi connectivity index (χ1v) is 12.3. The molecule has 182 valence electrons. The van der Waals surface area contributed by atoms with Gasteiger partial charge in [-0.05, 0) is 61.4 Å². The van der Waals surface area contributed by atoms with Gasteiger partial charge in [-0.15, -0.1) is 0 Å². The molecule has 3 aromatic carbocycles. The van der Waals surface area contributed by atoms with E-state index < -0.39 is 0 Å². The Kier molecular flexibility index (Phi) is 9.85. The summed E-state index contributed by atoms with van der Waals surface area (Å²) in [4.78, 5) is 24.6. The van der Waals surface area contributed by atoms with Gasteiger partial charge in [0.15, 0.2) is 0 Å². The normalized spacial score (nSPS) is 12.1. The molecular formula is C31H35NO3. The Morgan fingerprint density at radius 3 is 2.26 bits per heavy atom. The molecular weight excluding hydrogens is 434 g/mol. The van der Waals surface area contributed by atoms with Gasteiger partial charge in [0, 0.05) is 18.0 Å². The van der Waals surface area contributed by atoms with E-state index in [-0.39, 0.29) is 17.8 Å². The zero-order valence-electron chi connectivity index (χ0n) is 20.9. The molecule has 4 heteroatoms. The molecule has 0 heterocycles. The molecule has 35 heavy (non-hydrogen) atoms. The summed E-state index contributed by atoms with van der Waals surface area (Å²) in [5.74, 6) is -0.199. The second-order valence-electron chi connectivity index (χ2n) is 8.81. The summed E-state index contributed by atoms with van der Waals surface area (Å²) in [5, 5.41) is 3.03. The highest BCUT2D eigenvalue weighted by molar-refractivity contribution is 5.87. The molecule has 0 aromatic heterocycles. The van der Waals surface area contributed by atoms with Crippen molar-refractivity contribution in [3.8, 4) is 0 Å². The zero-order valence-corrected chi connectivity index (χ0v) is 20.9. The Labute approximate surface area is 209 Å². The van der Waals surface area contributed by atoms with Gasteiger partial charge < -0.3 is 10.1 Å². The molecule has 1 atom stereocenters. The molecule has 0 fully saturated rings. The first-order chi connectivity index (χ1) is 17.0. The number of amides is 1. The first kappa shape index (κ1) is 26.0. The number of carbonyl (C=O) groups is 2. The van der Waals surface area contributed by atoms with Crippen LogP contribution in [0.5, 0.6) is 0 Å². The van der Waals surface area contributed by atoms with Crippen LogP contribution in [-0.4, -0.2) is 25.0 Å². The summed E-state index contributed by atoms with van der Waals surface area (Å²) in [6, 6.07) is 26.6. The third-order valence-electron chi connectivity index (χ3n) is 6.10. The van der Waals surface area contributed by atoms with E-state index in [1.165, 1.54) is 11.1 Å². The Bertz CT molecular complexity index is 1130. The minimum Gasteiger partial charge on any atom is -0.463 e. The van der Waals surface area contributed by atoms with Crippen molar-refractivity contribution in [2.75, 3.05) is 13.2 Å². The van der Waals surface area contributed by atoms with Crippen LogP contribution in [0.1, 0.15) is 47.6 Å². The lowest BCUT2D eigenvalue weighted by Crippen LogP contribution is -2.27. The van der Waals surface area contributed by atoms with Crippen molar-refractivity contribution in [1.29, 1.82) is 0 Å². The van der Waals surface area contributed by atoms with E-state index in [1.54, 1.807) is 6.92 Å². The summed E-state index contributed by atoms with van der Waals surface area (Å²) in [6.07, 6.45) is 3.93. The largest absolute Gasteiger partial charge is 0.463 e. The van der Waals surface area contributed by atoms with E-state index in [0.29, 0.717) is 25.1 Å². The highest BCUT2D eigenvalue weighted by atomic mass is 16.5. The smallest absolute Gasteiger partial charge is 0.333 e.